The molecule has 4 heterocycles. The Balaban J connectivity index is 1.35. The molecule has 0 unspecified atom stereocenters. The van der Waals surface area contributed by atoms with Gasteiger partial charge in [-0.3, -0.25) is 4.57 Å². The minimum absolute atomic E-state index is 0.825. The fourth-order valence-corrected chi connectivity index (χ4v) is 8.73. The number of fused-ring (bicyclic) bond motifs is 7. The Morgan fingerprint density at radius 2 is 1.12 bits per heavy atom. The average molecular weight is 575 g/mol. The van der Waals surface area contributed by atoms with Gasteiger partial charge < -0.3 is 4.57 Å². The van der Waals surface area contributed by atoms with Crippen LogP contribution in [0.4, 0.5) is 0 Å². The van der Waals surface area contributed by atoms with Gasteiger partial charge in [0.1, 0.15) is 0 Å². The van der Waals surface area contributed by atoms with E-state index >= 15 is 0 Å². The highest BCUT2D eigenvalue weighted by atomic mass is 32.2. The van der Waals surface area contributed by atoms with E-state index in [4.69, 9.17) is 10.2 Å². The van der Waals surface area contributed by atoms with Crippen molar-refractivity contribution in [1.29, 1.82) is 0 Å². The quantitative estimate of drug-likeness (QED) is 0.210. The first kappa shape index (κ1) is 23.6. The Morgan fingerprint density at radius 3 is 1.86 bits per heavy atom. The lowest BCUT2D eigenvalue weighted by atomic mass is 10.1. The topological polar surface area (TPSA) is 35.6 Å². The van der Waals surface area contributed by atoms with Crippen LogP contribution in [0.25, 0.3) is 74.8 Å². The maximum absolute atomic E-state index is 4.78. The monoisotopic (exact) mass is 574 g/mol. The first-order valence-electron chi connectivity index (χ1n) is 13.9. The highest BCUT2D eigenvalue weighted by Crippen LogP contribution is 2.49. The molecule has 0 bridgehead atoms. The Bertz CT molecular complexity index is 2400. The lowest BCUT2D eigenvalue weighted by molar-refractivity contribution is 1.07. The van der Waals surface area contributed by atoms with E-state index in [0.29, 0.717) is 0 Å². The van der Waals surface area contributed by atoms with Crippen molar-refractivity contribution in [3.05, 3.63) is 133 Å². The summed E-state index contributed by atoms with van der Waals surface area (Å²) in [7, 11) is 0. The number of rotatable bonds is 4. The highest BCUT2D eigenvalue weighted by molar-refractivity contribution is 7.45. The van der Waals surface area contributed by atoms with Crippen molar-refractivity contribution in [2.24, 2.45) is 0 Å². The second-order valence-electron chi connectivity index (χ2n) is 10.3. The van der Waals surface area contributed by atoms with Gasteiger partial charge in [0.05, 0.1) is 19.7 Å². The molecule has 0 amide bonds. The summed E-state index contributed by atoms with van der Waals surface area (Å²) in [5.74, 6) is 1.65. The summed E-state index contributed by atoms with van der Waals surface area (Å²) < 4.78 is 8.59. The van der Waals surface area contributed by atoms with E-state index in [0.717, 1.165) is 28.5 Å². The van der Waals surface area contributed by atoms with Crippen molar-refractivity contribution in [3.8, 4) is 34.2 Å². The predicted molar refractivity (Wildman–Crippen MR) is 177 cm³/mol. The van der Waals surface area contributed by atoms with Crippen molar-refractivity contribution in [2.45, 2.75) is 0 Å². The summed E-state index contributed by atoms with van der Waals surface area (Å²) in [4.78, 5) is 0. The molecule has 6 heteroatoms. The summed E-state index contributed by atoms with van der Waals surface area (Å²) in [6.45, 7) is 0. The van der Waals surface area contributed by atoms with Crippen LogP contribution < -0.4 is 0 Å². The Morgan fingerprint density at radius 1 is 0.500 bits per heavy atom. The molecule has 0 radical (unpaired) electrons. The van der Waals surface area contributed by atoms with Gasteiger partial charge in [-0.1, -0.05) is 84.9 Å². The summed E-state index contributed by atoms with van der Waals surface area (Å²) in [5.41, 5.74) is 6.74. The molecule has 5 aromatic carbocycles. The Labute approximate surface area is 249 Å². The molecule has 4 nitrogen and oxygen atoms in total. The normalized spacial score (nSPS) is 11.8. The SMILES string of the molecule is c1ccc(-c2nnc(-c3ccc4c(c3)c3sc5sc6ccccc6c5c3n4-c3ccccc3)n2-c2ccccc2)cc1. The maximum Gasteiger partial charge on any atom is 0.168 e. The molecule has 9 aromatic rings. The number of hydrogen-bond donors (Lipinski definition) is 0. The molecule has 9 rings (SSSR count). The Hall–Kier alpha value is -5.04. The zero-order valence-corrected chi connectivity index (χ0v) is 23.9. The van der Waals surface area contributed by atoms with Crippen LogP contribution in [0.5, 0.6) is 0 Å². The third kappa shape index (κ3) is 3.46. The van der Waals surface area contributed by atoms with Crippen LogP contribution in [0, 0.1) is 0 Å². The molecule has 0 spiro atoms. The van der Waals surface area contributed by atoms with Gasteiger partial charge in [0.25, 0.3) is 0 Å². The van der Waals surface area contributed by atoms with Crippen molar-refractivity contribution < 1.29 is 0 Å². The third-order valence-corrected chi connectivity index (χ3v) is 10.4. The van der Waals surface area contributed by atoms with Crippen LogP contribution in [0.1, 0.15) is 0 Å². The van der Waals surface area contributed by atoms with E-state index in [1.54, 1.807) is 0 Å². The smallest absolute Gasteiger partial charge is 0.168 e. The molecule has 198 valence electrons. The number of benzene rings is 5. The van der Waals surface area contributed by atoms with E-state index in [-0.39, 0.29) is 0 Å². The van der Waals surface area contributed by atoms with Gasteiger partial charge in [-0.25, -0.2) is 0 Å². The molecule has 0 aliphatic carbocycles. The number of nitrogens with zero attached hydrogens (tertiary/aromatic N) is 4. The molecule has 0 aliphatic heterocycles. The molecule has 0 saturated carbocycles. The van der Waals surface area contributed by atoms with E-state index in [1.807, 2.05) is 46.9 Å². The first-order valence-corrected chi connectivity index (χ1v) is 15.5. The van der Waals surface area contributed by atoms with Crippen LogP contribution in [0.3, 0.4) is 0 Å². The number of para-hydroxylation sites is 2. The molecule has 0 atom stereocenters. The van der Waals surface area contributed by atoms with Gasteiger partial charge in [-0.05, 0) is 48.5 Å². The summed E-state index contributed by atoms with van der Waals surface area (Å²) in [6, 6.07) is 46.9. The molecule has 0 fully saturated rings. The van der Waals surface area contributed by atoms with Crippen molar-refractivity contribution >= 4 is 63.3 Å². The number of thiophene rings is 2. The summed E-state index contributed by atoms with van der Waals surface area (Å²) in [5, 5.41) is 13.4. The van der Waals surface area contributed by atoms with Crippen LogP contribution >= 0.6 is 22.7 Å². The van der Waals surface area contributed by atoms with Gasteiger partial charge in [0.2, 0.25) is 0 Å². The van der Waals surface area contributed by atoms with Gasteiger partial charge in [-0.2, -0.15) is 0 Å². The van der Waals surface area contributed by atoms with Crippen LogP contribution in [-0.4, -0.2) is 19.3 Å². The molecule has 42 heavy (non-hydrogen) atoms. The Kier molecular flexibility index (Phi) is 5.20. The van der Waals surface area contributed by atoms with Gasteiger partial charge in [0, 0.05) is 43.4 Å². The molecule has 4 aromatic heterocycles. The molecular weight excluding hydrogens is 553 g/mol. The second-order valence-corrected chi connectivity index (χ2v) is 12.7. The van der Waals surface area contributed by atoms with E-state index in [2.05, 4.69) is 118 Å². The van der Waals surface area contributed by atoms with E-state index < -0.39 is 0 Å². The minimum atomic E-state index is 0.825. The second kappa shape index (κ2) is 9.24. The van der Waals surface area contributed by atoms with Crippen molar-refractivity contribution in [2.75, 3.05) is 0 Å². The van der Waals surface area contributed by atoms with Crippen LogP contribution in [-0.2, 0) is 0 Å². The fraction of sp³-hybridized carbons (Fsp3) is 0. The lowest BCUT2D eigenvalue weighted by Gasteiger charge is -2.11. The highest BCUT2D eigenvalue weighted by Gasteiger charge is 2.23. The number of hydrogen-bond acceptors (Lipinski definition) is 4. The van der Waals surface area contributed by atoms with Crippen LogP contribution in [0.2, 0.25) is 0 Å². The summed E-state index contributed by atoms with van der Waals surface area (Å²) >= 11 is 3.78. The van der Waals surface area contributed by atoms with Gasteiger partial charge >= 0.3 is 0 Å². The maximum atomic E-state index is 4.78. The largest absolute Gasteiger partial charge is 0.308 e. The molecule has 0 aliphatic rings. The van der Waals surface area contributed by atoms with Gasteiger partial charge in [-0.15, -0.1) is 32.9 Å². The summed E-state index contributed by atoms with van der Waals surface area (Å²) in [6.07, 6.45) is 0. The first-order chi connectivity index (χ1) is 20.8. The lowest BCUT2D eigenvalue weighted by Crippen LogP contribution is -2.00. The molecule has 0 N–H and O–H groups in total. The van der Waals surface area contributed by atoms with E-state index in [9.17, 15) is 0 Å². The standard InChI is InChI=1S/C36H22N4S2/c1-4-12-23(13-5-1)34-37-38-35(40(34)26-16-8-3-9-17-26)24-20-21-29-28(22-24)33-32(39(29)25-14-6-2-7-15-25)31-27-18-10-11-19-30(27)41-36(31)42-33/h1-22H. The van der Waals surface area contributed by atoms with Crippen molar-refractivity contribution in [3.63, 3.8) is 0 Å². The minimum Gasteiger partial charge on any atom is -0.308 e. The van der Waals surface area contributed by atoms with Crippen molar-refractivity contribution in [1.82, 2.24) is 19.3 Å². The average Bonchev–Trinajstić information content (AvgIpc) is 3.81. The number of aromatic nitrogens is 4. The zero-order valence-electron chi connectivity index (χ0n) is 22.3. The van der Waals surface area contributed by atoms with Gasteiger partial charge in [0.15, 0.2) is 11.6 Å². The fourth-order valence-electron chi connectivity index (χ4n) is 6.05. The predicted octanol–water partition coefficient (Wildman–Crippen LogP) is 10.1. The van der Waals surface area contributed by atoms with Crippen LogP contribution in [0.15, 0.2) is 133 Å². The zero-order chi connectivity index (χ0) is 27.6. The third-order valence-electron chi connectivity index (χ3n) is 7.90. The molecule has 0 saturated heterocycles. The van der Waals surface area contributed by atoms with E-state index in [1.165, 1.54) is 46.3 Å². The molecular formula is C36H22N4S2.